The van der Waals surface area contributed by atoms with E-state index in [4.69, 9.17) is 10.5 Å². The predicted octanol–water partition coefficient (Wildman–Crippen LogP) is 0.906. The van der Waals surface area contributed by atoms with Gasteiger partial charge >= 0.3 is 0 Å². The summed E-state index contributed by atoms with van der Waals surface area (Å²) in [7, 11) is 0. The first-order chi connectivity index (χ1) is 6.36. The maximum absolute atomic E-state index is 5.58. The van der Waals surface area contributed by atoms with E-state index in [2.05, 4.69) is 11.0 Å². The standard InChI is InChI=1S/C10H13N2O/c11-9-1-3-10(4-2-9)12-5-7-13-8-6-12/h1-3H,5-8,11H2. The number of nitrogens with zero attached hydrogens (tertiary/aromatic N) is 1. The molecule has 1 aromatic carbocycles. The Balaban J connectivity index is 2.10. The highest BCUT2D eigenvalue weighted by atomic mass is 16.5. The number of nitrogens with two attached hydrogens (primary N) is 1. The van der Waals surface area contributed by atoms with Crippen LogP contribution in [-0.4, -0.2) is 26.3 Å². The Morgan fingerprint density at radius 1 is 1.31 bits per heavy atom. The monoisotopic (exact) mass is 177 g/mol. The third kappa shape index (κ3) is 1.92. The van der Waals surface area contributed by atoms with E-state index in [0.29, 0.717) is 0 Å². The molecular formula is C10H13N2O. The number of ether oxygens (including phenoxy) is 1. The summed E-state index contributed by atoms with van der Waals surface area (Å²) in [4.78, 5) is 2.25. The lowest BCUT2D eigenvalue weighted by molar-refractivity contribution is 0.122. The summed E-state index contributed by atoms with van der Waals surface area (Å²) in [5, 5.41) is 0. The van der Waals surface area contributed by atoms with Crippen molar-refractivity contribution in [3.05, 3.63) is 24.3 Å². The Morgan fingerprint density at radius 2 is 2.08 bits per heavy atom. The van der Waals surface area contributed by atoms with Crippen LogP contribution in [0.5, 0.6) is 0 Å². The normalized spacial score (nSPS) is 17.4. The zero-order valence-electron chi connectivity index (χ0n) is 7.49. The molecule has 1 radical (unpaired) electrons. The van der Waals surface area contributed by atoms with E-state index < -0.39 is 0 Å². The van der Waals surface area contributed by atoms with Gasteiger partial charge in [-0.25, -0.2) is 0 Å². The lowest BCUT2D eigenvalue weighted by atomic mass is 10.2. The van der Waals surface area contributed by atoms with Gasteiger partial charge in [0.1, 0.15) is 0 Å². The van der Waals surface area contributed by atoms with Crippen molar-refractivity contribution in [2.24, 2.45) is 0 Å². The molecule has 3 heteroatoms. The van der Waals surface area contributed by atoms with Gasteiger partial charge < -0.3 is 15.4 Å². The molecular weight excluding hydrogens is 164 g/mol. The van der Waals surface area contributed by atoms with Crippen LogP contribution in [0.25, 0.3) is 0 Å². The highest BCUT2D eigenvalue weighted by Crippen LogP contribution is 2.16. The number of morpholine rings is 1. The van der Waals surface area contributed by atoms with Crippen LogP contribution in [0.3, 0.4) is 0 Å². The van der Waals surface area contributed by atoms with Crippen molar-refractivity contribution in [3.63, 3.8) is 0 Å². The Bertz CT molecular complexity index is 265. The fraction of sp³-hybridized carbons (Fsp3) is 0.400. The Morgan fingerprint density at radius 3 is 2.69 bits per heavy atom. The lowest BCUT2D eigenvalue weighted by Crippen LogP contribution is -2.36. The van der Waals surface area contributed by atoms with Crippen molar-refractivity contribution in [2.75, 3.05) is 36.9 Å². The Hall–Kier alpha value is -1.22. The fourth-order valence-electron chi connectivity index (χ4n) is 1.43. The molecule has 0 aliphatic carbocycles. The van der Waals surface area contributed by atoms with Gasteiger partial charge in [0.25, 0.3) is 0 Å². The number of nitrogen functional groups attached to an aromatic ring is 1. The van der Waals surface area contributed by atoms with Crippen molar-refractivity contribution in [3.8, 4) is 0 Å². The highest BCUT2D eigenvalue weighted by Gasteiger charge is 2.10. The van der Waals surface area contributed by atoms with Gasteiger partial charge in [0.2, 0.25) is 0 Å². The average Bonchev–Trinajstić information content (AvgIpc) is 2.20. The summed E-state index contributed by atoms with van der Waals surface area (Å²) in [6.45, 7) is 3.50. The van der Waals surface area contributed by atoms with Crippen LogP contribution >= 0.6 is 0 Å². The van der Waals surface area contributed by atoms with Gasteiger partial charge in [0.15, 0.2) is 0 Å². The van der Waals surface area contributed by atoms with Gasteiger partial charge in [-0.2, -0.15) is 0 Å². The summed E-state index contributed by atoms with van der Waals surface area (Å²) in [6.07, 6.45) is 0. The maximum Gasteiger partial charge on any atom is 0.0642 e. The van der Waals surface area contributed by atoms with E-state index in [9.17, 15) is 0 Å². The van der Waals surface area contributed by atoms with E-state index in [-0.39, 0.29) is 0 Å². The largest absolute Gasteiger partial charge is 0.399 e. The summed E-state index contributed by atoms with van der Waals surface area (Å²) >= 11 is 0. The number of rotatable bonds is 1. The van der Waals surface area contributed by atoms with Crippen LogP contribution in [0.2, 0.25) is 0 Å². The molecule has 0 unspecified atom stereocenters. The van der Waals surface area contributed by atoms with E-state index in [1.807, 2.05) is 18.2 Å². The second kappa shape index (κ2) is 3.66. The topological polar surface area (TPSA) is 38.5 Å². The molecule has 1 saturated heterocycles. The quantitative estimate of drug-likeness (QED) is 0.648. The second-order valence-corrected chi connectivity index (χ2v) is 3.11. The third-order valence-corrected chi connectivity index (χ3v) is 2.17. The first-order valence-corrected chi connectivity index (χ1v) is 4.46. The molecule has 0 aromatic heterocycles. The third-order valence-electron chi connectivity index (χ3n) is 2.17. The van der Waals surface area contributed by atoms with Crippen molar-refractivity contribution in [1.82, 2.24) is 0 Å². The molecule has 0 bridgehead atoms. The molecule has 3 nitrogen and oxygen atoms in total. The Kier molecular flexibility index (Phi) is 2.36. The van der Waals surface area contributed by atoms with Gasteiger partial charge in [0, 0.05) is 30.5 Å². The molecule has 1 aliphatic heterocycles. The van der Waals surface area contributed by atoms with Gasteiger partial charge in [-0.3, -0.25) is 0 Å². The molecule has 0 spiro atoms. The molecule has 0 atom stereocenters. The minimum atomic E-state index is 0.761. The smallest absolute Gasteiger partial charge is 0.0642 e. The summed E-state index contributed by atoms with van der Waals surface area (Å²) in [6, 6.07) is 8.87. The zero-order chi connectivity index (χ0) is 9.10. The molecule has 1 heterocycles. The van der Waals surface area contributed by atoms with Gasteiger partial charge in [-0.1, -0.05) is 0 Å². The minimum absolute atomic E-state index is 0.761. The zero-order valence-corrected chi connectivity index (χ0v) is 7.49. The van der Waals surface area contributed by atoms with Gasteiger partial charge in [-0.05, 0) is 18.2 Å². The predicted molar refractivity (Wildman–Crippen MR) is 52.7 cm³/mol. The maximum atomic E-state index is 5.58. The van der Waals surface area contributed by atoms with E-state index in [1.54, 1.807) is 0 Å². The van der Waals surface area contributed by atoms with Crippen LogP contribution in [0.1, 0.15) is 0 Å². The van der Waals surface area contributed by atoms with Crippen LogP contribution in [0, 0.1) is 6.07 Å². The van der Waals surface area contributed by atoms with Crippen molar-refractivity contribution < 1.29 is 4.74 Å². The molecule has 2 N–H and O–H groups in total. The first-order valence-electron chi connectivity index (χ1n) is 4.46. The summed E-state index contributed by atoms with van der Waals surface area (Å²) < 4.78 is 5.26. The first kappa shape index (κ1) is 8.38. The molecule has 1 aromatic rings. The number of hydrogen-bond donors (Lipinski definition) is 1. The van der Waals surface area contributed by atoms with Crippen LogP contribution in [-0.2, 0) is 4.74 Å². The van der Waals surface area contributed by atoms with Crippen LogP contribution in [0.4, 0.5) is 11.4 Å². The van der Waals surface area contributed by atoms with E-state index >= 15 is 0 Å². The highest BCUT2D eigenvalue weighted by molar-refractivity contribution is 5.52. The molecule has 1 fully saturated rings. The van der Waals surface area contributed by atoms with Gasteiger partial charge in [-0.15, -0.1) is 0 Å². The van der Waals surface area contributed by atoms with Gasteiger partial charge in [0.05, 0.1) is 13.2 Å². The number of hydrogen-bond acceptors (Lipinski definition) is 3. The van der Waals surface area contributed by atoms with Crippen LogP contribution in [0.15, 0.2) is 18.2 Å². The number of benzene rings is 1. The molecule has 0 amide bonds. The SMILES string of the molecule is Nc1c[c]c(N2CCOCC2)cc1. The second-order valence-electron chi connectivity index (χ2n) is 3.11. The lowest BCUT2D eigenvalue weighted by Gasteiger charge is -2.28. The van der Waals surface area contributed by atoms with E-state index in [1.165, 1.54) is 0 Å². The minimum Gasteiger partial charge on any atom is -0.399 e. The summed E-state index contributed by atoms with van der Waals surface area (Å²) in [5.74, 6) is 0. The molecule has 13 heavy (non-hydrogen) atoms. The summed E-state index contributed by atoms with van der Waals surface area (Å²) in [5.41, 5.74) is 7.45. The van der Waals surface area contributed by atoms with Crippen molar-refractivity contribution in [2.45, 2.75) is 0 Å². The van der Waals surface area contributed by atoms with E-state index in [0.717, 1.165) is 37.7 Å². The number of anilines is 2. The van der Waals surface area contributed by atoms with Crippen LogP contribution < -0.4 is 10.6 Å². The molecule has 2 rings (SSSR count). The molecule has 69 valence electrons. The average molecular weight is 177 g/mol. The van der Waals surface area contributed by atoms with Crippen molar-refractivity contribution in [1.29, 1.82) is 0 Å². The molecule has 1 aliphatic rings. The molecule has 0 saturated carbocycles. The fourth-order valence-corrected chi connectivity index (χ4v) is 1.43. The Labute approximate surface area is 78.1 Å². The van der Waals surface area contributed by atoms with Crippen molar-refractivity contribution >= 4 is 11.4 Å².